The lowest BCUT2D eigenvalue weighted by Crippen LogP contribution is -2.38. The van der Waals surface area contributed by atoms with Crippen LogP contribution in [0.2, 0.25) is 0 Å². The molecule has 4 rings (SSSR count). The van der Waals surface area contributed by atoms with Gasteiger partial charge in [0, 0.05) is 51.2 Å². The highest BCUT2D eigenvalue weighted by molar-refractivity contribution is 5.92. The number of aliphatic carboxylic acids is 1. The molecule has 0 aromatic carbocycles. The van der Waals surface area contributed by atoms with E-state index in [0.29, 0.717) is 23.6 Å². The Kier molecular flexibility index (Phi) is 6.14. The molecule has 3 atom stereocenters. The number of fused-ring (bicyclic) bond motifs is 1. The lowest BCUT2D eigenvalue weighted by atomic mass is 10.0. The second kappa shape index (κ2) is 8.39. The summed E-state index contributed by atoms with van der Waals surface area (Å²) in [6.45, 7) is 5.68. The molecule has 0 radical (unpaired) electrons. The number of ether oxygens (including phenoxy) is 1. The van der Waals surface area contributed by atoms with E-state index in [2.05, 4.69) is 14.9 Å². The Bertz CT molecular complexity index is 683. The Morgan fingerprint density at radius 3 is 2.25 bits per heavy atom. The molecule has 1 N–H and O–H groups in total. The molecule has 1 aromatic rings. The first-order chi connectivity index (χ1) is 13.3. The fraction of sp³-hybridized carbons (Fsp3) is 0.647. The van der Waals surface area contributed by atoms with Crippen molar-refractivity contribution >= 4 is 11.9 Å². The van der Waals surface area contributed by atoms with Gasteiger partial charge in [-0.15, -0.1) is 0 Å². The van der Waals surface area contributed by atoms with E-state index in [4.69, 9.17) is 14.6 Å². The normalized spacial score (nSPS) is 27.2. The van der Waals surface area contributed by atoms with E-state index in [1.165, 1.54) is 0 Å². The number of halogens is 3. The number of aromatic nitrogens is 2. The summed E-state index contributed by atoms with van der Waals surface area (Å²) < 4.78 is 37.2. The maximum Gasteiger partial charge on any atom is 0.490 e. The van der Waals surface area contributed by atoms with E-state index < -0.39 is 12.1 Å². The first kappa shape index (κ1) is 20.5. The van der Waals surface area contributed by atoms with Crippen LogP contribution >= 0.6 is 0 Å². The fourth-order valence-corrected chi connectivity index (χ4v) is 3.87. The minimum atomic E-state index is -5.08. The van der Waals surface area contributed by atoms with Gasteiger partial charge in [-0.3, -0.25) is 14.7 Å². The van der Waals surface area contributed by atoms with Crippen molar-refractivity contribution in [1.82, 2.24) is 19.8 Å². The van der Waals surface area contributed by atoms with Crippen LogP contribution in [0.1, 0.15) is 16.9 Å². The molecule has 11 heteroatoms. The van der Waals surface area contributed by atoms with Crippen LogP contribution in [0.3, 0.4) is 0 Å². The Morgan fingerprint density at radius 2 is 1.79 bits per heavy atom. The SMILES string of the molecule is O=C(O)C(F)(F)F.O=C(c1cnccn1)N1C[C@@H]2CN(C3CCOC3)C[C@@H]2C1. The van der Waals surface area contributed by atoms with Crippen molar-refractivity contribution in [3.63, 3.8) is 0 Å². The first-order valence-electron chi connectivity index (χ1n) is 8.93. The number of hydrogen-bond acceptors (Lipinski definition) is 6. The molecule has 8 nitrogen and oxygen atoms in total. The minimum Gasteiger partial charge on any atom is -0.475 e. The van der Waals surface area contributed by atoms with Gasteiger partial charge in [-0.05, 0) is 18.3 Å². The highest BCUT2D eigenvalue weighted by Gasteiger charge is 2.44. The molecule has 0 saturated carbocycles. The average molecular weight is 402 g/mol. The molecule has 154 valence electrons. The van der Waals surface area contributed by atoms with Crippen molar-refractivity contribution in [1.29, 1.82) is 0 Å². The number of carbonyl (C=O) groups is 2. The van der Waals surface area contributed by atoms with Crippen molar-refractivity contribution in [2.75, 3.05) is 39.4 Å². The Balaban J connectivity index is 0.000000279. The zero-order chi connectivity index (χ0) is 20.3. The molecule has 3 saturated heterocycles. The van der Waals surface area contributed by atoms with Crippen LogP contribution in [0.5, 0.6) is 0 Å². The number of carbonyl (C=O) groups excluding carboxylic acids is 1. The van der Waals surface area contributed by atoms with Crippen molar-refractivity contribution in [3.8, 4) is 0 Å². The molecule has 3 aliphatic heterocycles. The number of amides is 1. The number of likely N-dealkylation sites (tertiary alicyclic amines) is 2. The van der Waals surface area contributed by atoms with Gasteiger partial charge in [0.25, 0.3) is 5.91 Å². The quantitative estimate of drug-likeness (QED) is 0.785. The van der Waals surface area contributed by atoms with Crippen molar-refractivity contribution < 1.29 is 32.6 Å². The van der Waals surface area contributed by atoms with Gasteiger partial charge in [-0.1, -0.05) is 0 Å². The molecule has 1 unspecified atom stereocenters. The van der Waals surface area contributed by atoms with Crippen molar-refractivity contribution in [3.05, 3.63) is 24.3 Å². The van der Waals surface area contributed by atoms with Crippen molar-refractivity contribution in [2.45, 2.75) is 18.6 Å². The van der Waals surface area contributed by atoms with E-state index in [9.17, 15) is 18.0 Å². The zero-order valence-corrected chi connectivity index (χ0v) is 15.0. The maximum absolute atomic E-state index is 12.4. The molecule has 0 aliphatic carbocycles. The van der Waals surface area contributed by atoms with Gasteiger partial charge in [0.2, 0.25) is 0 Å². The van der Waals surface area contributed by atoms with E-state index in [1.807, 2.05) is 4.90 Å². The van der Waals surface area contributed by atoms with Crippen LogP contribution in [0.15, 0.2) is 18.6 Å². The largest absolute Gasteiger partial charge is 0.490 e. The van der Waals surface area contributed by atoms with E-state index >= 15 is 0 Å². The molecule has 3 aliphatic rings. The third-order valence-electron chi connectivity index (χ3n) is 5.25. The summed E-state index contributed by atoms with van der Waals surface area (Å²) in [7, 11) is 0. The molecule has 1 aromatic heterocycles. The zero-order valence-electron chi connectivity index (χ0n) is 15.0. The molecular weight excluding hydrogens is 381 g/mol. The predicted octanol–water partition coefficient (Wildman–Crippen LogP) is 0.903. The Hall–Kier alpha value is -2.27. The van der Waals surface area contributed by atoms with Gasteiger partial charge in [-0.2, -0.15) is 13.2 Å². The van der Waals surface area contributed by atoms with Crippen LogP contribution in [0, 0.1) is 11.8 Å². The third-order valence-corrected chi connectivity index (χ3v) is 5.25. The van der Waals surface area contributed by atoms with Crippen molar-refractivity contribution in [2.24, 2.45) is 11.8 Å². The van der Waals surface area contributed by atoms with Gasteiger partial charge in [0.05, 0.1) is 12.8 Å². The standard InChI is InChI=1S/C15H20N4O2.C2HF3O2/c20-15(14-5-16-2-3-17-14)19-8-11-6-18(7-12(11)9-19)13-1-4-21-10-13;3-2(4,5)1(6)7/h2-3,5,11-13H,1,4,6-10H2;(H,6,7)/t11-,12+,13?;. The van der Waals surface area contributed by atoms with Crippen LogP contribution < -0.4 is 0 Å². The summed E-state index contributed by atoms with van der Waals surface area (Å²) in [4.78, 5) is 33.9. The highest BCUT2D eigenvalue weighted by Crippen LogP contribution is 2.33. The summed E-state index contributed by atoms with van der Waals surface area (Å²) in [5.41, 5.74) is 0.457. The highest BCUT2D eigenvalue weighted by atomic mass is 19.4. The summed E-state index contributed by atoms with van der Waals surface area (Å²) in [6, 6.07) is 0.597. The number of hydrogen-bond donors (Lipinski definition) is 1. The summed E-state index contributed by atoms with van der Waals surface area (Å²) in [5, 5.41) is 7.12. The van der Waals surface area contributed by atoms with Gasteiger partial charge >= 0.3 is 12.1 Å². The van der Waals surface area contributed by atoms with Crippen LogP contribution in [-0.4, -0.2) is 88.4 Å². The molecule has 3 fully saturated rings. The average Bonchev–Trinajstić information content (AvgIpc) is 3.37. The van der Waals surface area contributed by atoms with Gasteiger partial charge in [0.1, 0.15) is 5.69 Å². The second-order valence-electron chi connectivity index (χ2n) is 7.10. The molecule has 4 heterocycles. The van der Waals surface area contributed by atoms with Gasteiger partial charge in [-0.25, -0.2) is 9.78 Å². The summed E-state index contributed by atoms with van der Waals surface area (Å²) in [5.74, 6) is -1.53. The van der Waals surface area contributed by atoms with Gasteiger partial charge < -0.3 is 14.7 Å². The maximum atomic E-state index is 12.4. The lowest BCUT2D eigenvalue weighted by molar-refractivity contribution is -0.192. The minimum absolute atomic E-state index is 0.0215. The Labute approximate surface area is 159 Å². The number of alkyl halides is 3. The third kappa shape index (κ3) is 4.76. The molecule has 0 spiro atoms. The monoisotopic (exact) mass is 402 g/mol. The van der Waals surface area contributed by atoms with Crippen LogP contribution in [0.25, 0.3) is 0 Å². The van der Waals surface area contributed by atoms with E-state index in [1.54, 1.807) is 18.6 Å². The van der Waals surface area contributed by atoms with Crippen LogP contribution in [-0.2, 0) is 9.53 Å². The van der Waals surface area contributed by atoms with Crippen LogP contribution in [0.4, 0.5) is 13.2 Å². The lowest BCUT2D eigenvalue weighted by Gasteiger charge is -2.25. The smallest absolute Gasteiger partial charge is 0.475 e. The van der Waals surface area contributed by atoms with E-state index in [-0.39, 0.29) is 5.91 Å². The summed E-state index contributed by atoms with van der Waals surface area (Å²) >= 11 is 0. The Morgan fingerprint density at radius 1 is 1.14 bits per heavy atom. The number of nitrogens with zero attached hydrogens (tertiary/aromatic N) is 4. The molecular formula is C17H21F3N4O4. The van der Waals surface area contributed by atoms with Gasteiger partial charge in [0.15, 0.2) is 0 Å². The second-order valence-corrected chi connectivity index (χ2v) is 7.10. The predicted molar refractivity (Wildman–Crippen MR) is 89.4 cm³/mol. The summed E-state index contributed by atoms with van der Waals surface area (Å²) in [6.07, 6.45) is 0.795. The van der Waals surface area contributed by atoms with E-state index in [0.717, 1.165) is 45.8 Å². The molecule has 0 bridgehead atoms. The number of carboxylic acids is 1. The fourth-order valence-electron chi connectivity index (χ4n) is 3.87. The molecule has 1 amide bonds. The first-order valence-corrected chi connectivity index (χ1v) is 8.93. The number of rotatable bonds is 2. The molecule has 28 heavy (non-hydrogen) atoms. The number of carboxylic acid groups (broad SMARTS) is 1. The topological polar surface area (TPSA) is 95.9 Å².